The normalized spacial score (nSPS) is 26.8. The zero-order valence-corrected chi connectivity index (χ0v) is 15.5. The van der Waals surface area contributed by atoms with Crippen molar-refractivity contribution in [2.75, 3.05) is 78.5 Å². The van der Waals surface area contributed by atoms with Crippen LogP contribution in [0.15, 0.2) is 30.0 Å². The van der Waals surface area contributed by atoms with Crippen LogP contribution in [0.1, 0.15) is 0 Å². The molecule has 0 radical (unpaired) electrons. The van der Waals surface area contributed by atoms with E-state index in [0.29, 0.717) is 19.6 Å². The van der Waals surface area contributed by atoms with Gasteiger partial charge in [-0.15, -0.1) is 0 Å². The lowest BCUT2D eigenvalue weighted by atomic mass is 10.4. The predicted octanol–water partition coefficient (Wildman–Crippen LogP) is 0.0424. The van der Waals surface area contributed by atoms with E-state index in [4.69, 9.17) is 0 Å². The van der Waals surface area contributed by atoms with Gasteiger partial charge >= 0.3 is 0 Å². The van der Waals surface area contributed by atoms with E-state index in [0.717, 1.165) is 58.9 Å². The van der Waals surface area contributed by atoms with Gasteiger partial charge in [-0.1, -0.05) is 0 Å². The van der Waals surface area contributed by atoms with Gasteiger partial charge in [-0.2, -0.15) is 0 Å². The molecule has 0 saturated carbocycles. The highest BCUT2D eigenvalue weighted by atomic mass is 15.2. The Hall–Kier alpha value is -2.06. The molecule has 3 aliphatic heterocycles. The minimum Gasteiger partial charge on any atom is -0.298 e. The second kappa shape index (κ2) is 14.1. The summed E-state index contributed by atoms with van der Waals surface area (Å²) in [5.74, 6) is 0. The number of fused-ring (bicyclic) bond motifs is 15. The topological polar surface area (TPSA) is 80.6 Å². The van der Waals surface area contributed by atoms with Crippen molar-refractivity contribution >= 4 is 37.3 Å². The fourth-order valence-corrected chi connectivity index (χ4v) is 2.49. The van der Waals surface area contributed by atoms with Crippen LogP contribution in [0.25, 0.3) is 0 Å². The summed E-state index contributed by atoms with van der Waals surface area (Å²) in [6.45, 7) is 9.27. The molecule has 8 nitrogen and oxygen atoms in total. The third-order valence-corrected chi connectivity index (χ3v) is 3.99. The minimum atomic E-state index is 0.630. The van der Waals surface area contributed by atoms with Gasteiger partial charge in [-0.25, -0.2) is 0 Å². The third kappa shape index (κ3) is 10.0. The fraction of sp³-hybridized carbons (Fsp3) is 0.667. The molecule has 3 aliphatic rings. The molecule has 0 fully saturated rings. The maximum atomic E-state index is 4.47. The number of aliphatic imine (C=N–C) groups is 6. The Kier molecular flexibility index (Phi) is 11.0. The van der Waals surface area contributed by atoms with Gasteiger partial charge in [0.2, 0.25) is 0 Å². The Balaban J connectivity index is 2.09. The van der Waals surface area contributed by atoms with Crippen molar-refractivity contribution in [1.29, 1.82) is 0 Å². The summed E-state index contributed by atoms with van der Waals surface area (Å²) in [4.78, 5) is 31.2. The standard InChI is InChI=1S/C18H30N8/c1-2-20-8-14-26-17-11-23-5-3-21-9-15-25(13-7-19-1)16-10-22-4-6-24-12-18-26/h1,3-4,8,11-12H,2,5-7,9-10,13-18H2. The van der Waals surface area contributed by atoms with Crippen molar-refractivity contribution in [2.24, 2.45) is 30.0 Å². The zero-order chi connectivity index (χ0) is 18.1. The number of nitrogens with zero attached hydrogens (tertiary/aromatic N) is 8. The molecule has 26 heavy (non-hydrogen) atoms. The first kappa shape index (κ1) is 20.3. The van der Waals surface area contributed by atoms with E-state index in [2.05, 4.69) is 39.8 Å². The molecule has 142 valence electrons. The van der Waals surface area contributed by atoms with Crippen molar-refractivity contribution in [3.05, 3.63) is 0 Å². The highest BCUT2D eigenvalue weighted by molar-refractivity contribution is 5.71. The fourth-order valence-electron chi connectivity index (χ4n) is 2.49. The van der Waals surface area contributed by atoms with E-state index in [-0.39, 0.29) is 0 Å². The Morgan fingerprint density at radius 1 is 0.423 bits per heavy atom. The largest absolute Gasteiger partial charge is 0.298 e. The Bertz CT molecular complexity index is 459. The Morgan fingerprint density at radius 2 is 0.808 bits per heavy atom. The third-order valence-electron chi connectivity index (χ3n) is 3.99. The van der Waals surface area contributed by atoms with Crippen molar-refractivity contribution in [3.8, 4) is 0 Å². The van der Waals surface area contributed by atoms with Crippen LogP contribution in [0.5, 0.6) is 0 Å². The van der Waals surface area contributed by atoms with Crippen LogP contribution in [-0.4, -0.2) is 126 Å². The molecule has 8 heteroatoms. The number of hydrogen-bond acceptors (Lipinski definition) is 8. The molecule has 0 aromatic heterocycles. The van der Waals surface area contributed by atoms with Crippen LogP contribution in [0, 0.1) is 0 Å². The summed E-state index contributed by atoms with van der Waals surface area (Å²) < 4.78 is 0. The van der Waals surface area contributed by atoms with Gasteiger partial charge in [0.25, 0.3) is 0 Å². The van der Waals surface area contributed by atoms with Gasteiger partial charge in [-0.05, 0) is 0 Å². The predicted molar refractivity (Wildman–Crippen MR) is 113 cm³/mol. The second-order valence-corrected chi connectivity index (χ2v) is 5.97. The average Bonchev–Trinajstić information content (AvgIpc) is 2.65. The molecule has 0 N–H and O–H groups in total. The van der Waals surface area contributed by atoms with Gasteiger partial charge in [-0.3, -0.25) is 39.8 Å². The summed E-state index contributed by atoms with van der Waals surface area (Å²) in [5, 5.41) is 0. The summed E-state index contributed by atoms with van der Waals surface area (Å²) in [5.41, 5.74) is 0. The van der Waals surface area contributed by atoms with Crippen molar-refractivity contribution in [3.63, 3.8) is 0 Å². The van der Waals surface area contributed by atoms with E-state index in [1.807, 2.05) is 37.3 Å². The molecule has 0 amide bonds. The van der Waals surface area contributed by atoms with E-state index >= 15 is 0 Å². The molecule has 0 aliphatic carbocycles. The molecule has 0 atom stereocenters. The van der Waals surface area contributed by atoms with Gasteiger partial charge in [0, 0.05) is 76.6 Å². The molecule has 3 rings (SSSR count). The van der Waals surface area contributed by atoms with Crippen LogP contribution in [0.4, 0.5) is 0 Å². The van der Waals surface area contributed by atoms with Crippen molar-refractivity contribution < 1.29 is 0 Å². The van der Waals surface area contributed by atoms with E-state index in [1.165, 1.54) is 0 Å². The van der Waals surface area contributed by atoms with E-state index in [1.54, 1.807) is 0 Å². The monoisotopic (exact) mass is 358 g/mol. The summed E-state index contributed by atoms with van der Waals surface area (Å²) in [6.07, 6.45) is 11.5. The summed E-state index contributed by atoms with van der Waals surface area (Å²) in [6, 6.07) is 0. The summed E-state index contributed by atoms with van der Waals surface area (Å²) >= 11 is 0. The van der Waals surface area contributed by atoms with Crippen LogP contribution in [-0.2, 0) is 0 Å². The van der Waals surface area contributed by atoms with Crippen molar-refractivity contribution in [1.82, 2.24) is 9.80 Å². The molecular formula is C18H30N8. The average molecular weight is 358 g/mol. The maximum Gasteiger partial charge on any atom is 0.0734 e. The molecule has 3 heterocycles. The zero-order valence-electron chi connectivity index (χ0n) is 15.5. The second-order valence-electron chi connectivity index (χ2n) is 5.97. The quantitative estimate of drug-likeness (QED) is 0.613. The lowest BCUT2D eigenvalue weighted by Gasteiger charge is -2.19. The molecule has 0 unspecified atom stereocenters. The summed E-state index contributed by atoms with van der Waals surface area (Å²) in [7, 11) is 0. The van der Waals surface area contributed by atoms with Crippen LogP contribution >= 0.6 is 0 Å². The molecule has 0 spiro atoms. The Labute approximate surface area is 156 Å². The molecule has 0 aromatic rings. The lowest BCUT2D eigenvalue weighted by molar-refractivity contribution is 0.298. The molecular weight excluding hydrogens is 328 g/mol. The SMILES string of the molecule is C1=NCC=NCCN2CCN=CCN=CCN(C1)CC=NCC=NCC2. The molecule has 0 aromatic carbocycles. The number of rotatable bonds is 0. The van der Waals surface area contributed by atoms with E-state index in [9.17, 15) is 0 Å². The first-order valence-electron chi connectivity index (χ1n) is 9.29. The highest BCUT2D eigenvalue weighted by Crippen LogP contribution is 1.91. The van der Waals surface area contributed by atoms with E-state index < -0.39 is 0 Å². The van der Waals surface area contributed by atoms with Crippen LogP contribution in [0.2, 0.25) is 0 Å². The first-order chi connectivity index (χ1) is 12.9. The van der Waals surface area contributed by atoms with Gasteiger partial charge in [0.05, 0.1) is 39.3 Å². The van der Waals surface area contributed by atoms with Gasteiger partial charge in [0.1, 0.15) is 0 Å². The van der Waals surface area contributed by atoms with Crippen LogP contribution in [0.3, 0.4) is 0 Å². The maximum absolute atomic E-state index is 4.47. The van der Waals surface area contributed by atoms with Crippen molar-refractivity contribution in [2.45, 2.75) is 0 Å². The lowest BCUT2D eigenvalue weighted by Crippen LogP contribution is -2.31. The molecule has 2 bridgehead atoms. The van der Waals surface area contributed by atoms with Gasteiger partial charge < -0.3 is 0 Å². The van der Waals surface area contributed by atoms with Gasteiger partial charge in [0.15, 0.2) is 0 Å². The van der Waals surface area contributed by atoms with Crippen LogP contribution < -0.4 is 0 Å². The highest BCUT2D eigenvalue weighted by Gasteiger charge is 2.03. The molecule has 0 saturated heterocycles. The minimum absolute atomic E-state index is 0.630. The smallest absolute Gasteiger partial charge is 0.0734 e. The number of hydrogen-bond donors (Lipinski definition) is 0. The first-order valence-corrected chi connectivity index (χ1v) is 9.29. The Morgan fingerprint density at radius 3 is 1.19 bits per heavy atom.